The monoisotopic (exact) mass is 318 g/mol. The minimum absolute atomic E-state index is 0. The molecule has 19 heavy (non-hydrogen) atoms. The number of phenols is 1. The van der Waals surface area contributed by atoms with Gasteiger partial charge >= 0.3 is 103 Å². The van der Waals surface area contributed by atoms with E-state index in [2.05, 4.69) is 0 Å². The number of fused-ring (bicyclic) bond motifs is 1. The van der Waals surface area contributed by atoms with Crippen molar-refractivity contribution in [2.75, 3.05) is 0 Å². The van der Waals surface area contributed by atoms with E-state index >= 15 is 0 Å². The summed E-state index contributed by atoms with van der Waals surface area (Å²) >= 11 is 0. The molecule has 0 aliphatic heterocycles. The maximum atomic E-state index is 13.6. The van der Waals surface area contributed by atoms with Gasteiger partial charge in [-0.2, -0.15) is 0 Å². The van der Waals surface area contributed by atoms with Crippen molar-refractivity contribution in [3.05, 3.63) is 35.7 Å². The molecule has 2 rings (SSSR count). The first-order valence-corrected chi connectivity index (χ1v) is 4.54. The van der Waals surface area contributed by atoms with Gasteiger partial charge in [-0.15, -0.1) is 0 Å². The Morgan fingerprint density at radius 1 is 0.895 bits per heavy atom. The third kappa shape index (κ3) is 4.05. The number of hydrogen-bond acceptors (Lipinski definition) is 3. The van der Waals surface area contributed by atoms with Gasteiger partial charge in [-0.25, -0.2) is 13.2 Å². The normalized spacial score (nSPS) is 9.74. The second-order valence-corrected chi connectivity index (χ2v) is 3.42. The third-order valence-corrected chi connectivity index (χ3v) is 2.38. The summed E-state index contributed by atoms with van der Waals surface area (Å²) < 4.78 is 40.3. The largest absolute Gasteiger partial charge is 1.00 e. The number of hydrogen-bond donors (Lipinski definition) is 1. The second-order valence-electron chi connectivity index (χ2n) is 3.42. The molecule has 0 aliphatic carbocycles. The summed E-state index contributed by atoms with van der Waals surface area (Å²) in [4.78, 5) is 0. The van der Waals surface area contributed by atoms with Crippen LogP contribution in [0.25, 0.3) is 10.8 Å². The molecule has 0 spiro atoms. The molecular weight excluding hydrogens is 314 g/mol. The van der Waals surface area contributed by atoms with Crippen LogP contribution in [0.3, 0.4) is 0 Å². The molecule has 0 amide bonds. The molecule has 0 bridgehead atoms. The molecule has 0 saturated carbocycles. The first-order chi connectivity index (χ1) is 7.93. The van der Waals surface area contributed by atoms with Crippen LogP contribution in [-0.2, 0) is 0 Å². The van der Waals surface area contributed by atoms with Gasteiger partial charge < -0.3 is 15.2 Å². The molecule has 0 saturated heterocycles. The van der Waals surface area contributed by atoms with Gasteiger partial charge in [0.2, 0.25) is 0 Å². The molecular formula is C10H4BF3K2O3. The molecule has 9 heteroatoms. The molecule has 3 nitrogen and oxygen atoms in total. The second kappa shape index (κ2) is 8.25. The fourth-order valence-corrected chi connectivity index (χ4v) is 1.59. The summed E-state index contributed by atoms with van der Waals surface area (Å²) in [6, 6.07) is 2.82. The standard InChI is InChI=1S/C10H4BF3O3.2K/c12-8-5-2-1-4(15)3-6(5)9(13)10(14)7(8)11(16)17;;/h1-3,15H;;/q-2;2*+1. The molecule has 88 valence electrons. The average Bonchev–Trinajstić information content (AvgIpc) is 2.25. The zero-order valence-corrected chi connectivity index (χ0v) is 16.5. The molecule has 0 unspecified atom stereocenters. The van der Waals surface area contributed by atoms with Crippen molar-refractivity contribution >= 4 is 23.4 Å². The molecule has 0 heterocycles. The minimum Gasteiger partial charge on any atom is -0.889 e. The van der Waals surface area contributed by atoms with E-state index in [-0.39, 0.29) is 109 Å². The predicted octanol–water partition coefficient (Wildman–Crippen LogP) is -6.61. The smallest absolute Gasteiger partial charge is 0.889 e. The Labute approximate surface area is 192 Å². The fourth-order valence-electron chi connectivity index (χ4n) is 1.59. The summed E-state index contributed by atoms with van der Waals surface area (Å²) in [6.07, 6.45) is 0. The molecule has 0 aromatic heterocycles. The summed E-state index contributed by atoms with van der Waals surface area (Å²) in [7, 11) is -2.96. The van der Waals surface area contributed by atoms with Crippen LogP contribution in [-0.4, -0.2) is 12.2 Å². The van der Waals surface area contributed by atoms with Crippen LogP contribution in [0.4, 0.5) is 13.2 Å². The fraction of sp³-hybridized carbons (Fsp3) is 0. The van der Waals surface area contributed by atoms with E-state index in [4.69, 9.17) is 5.11 Å². The van der Waals surface area contributed by atoms with Gasteiger partial charge in [-0.05, 0) is 18.2 Å². The first-order valence-electron chi connectivity index (χ1n) is 4.54. The van der Waals surface area contributed by atoms with Crippen LogP contribution in [0.5, 0.6) is 5.75 Å². The topological polar surface area (TPSA) is 66.3 Å². The number of benzene rings is 2. The van der Waals surface area contributed by atoms with Crippen LogP contribution < -0.4 is 118 Å². The predicted molar refractivity (Wildman–Crippen MR) is 50.9 cm³/mol. The number of aromatic hydroxyl groups is 1. The van der Waals surface area contributed by atoms with Gasteiger partial charge in [0.25, 0.3) is 0 Å². The molecule has 1 N–H and O–H groups in total. The molecule has 2 aromatic carbocycles. The maximum absolute atomic E-state index is 13.6. The van der Waals surface area contributed by atoms with E-state index in [0.717, 1.165) is 18.2 Å². The number of halogens is 3. The van der Waals surface area contributed by atoms with Crippen LogP contribution in [0.15, 0.2) is 18.2 Å². The Morgan fingerprint density at radius 2 is 1.47 bits per heavy atom. The Bertz CT molecular complexity index is 610. The molecule has 0 fully saturated rings. The molecule has 2 aromatic rings. The Morgan fingerprint density at radius 3 is 2.00 bits per heavy atom. The van der Waals surface area contributed by atoms with Crippen molar-refractivity contribution in [1.29, 1.82) is 0 Å². The summed E-state index contributed by atoms with van der Waals surface area (Å²) in [6.45, 7) is 0. The van der Waals surface area contributed by atoms with Gasteiger partial charge in [-0.3, -0.25) is 0 Å². The van der Waals surface area contributed by atoms with Gasteiger partial charge in [0.15, 0.2) is 11.6 Å². The van der Waals surface area contributed by atoms with Crippen LogP contribution in [0.2, 0.25) is 0 Å². The minimum atomic E-state index is -2.96. The number of rotatable bonds is 1. The first kappa shape index (κ1) is 20.5. The van der Waals surface area contributed by atoms with E-state index in [0.29, 0.717) is 0 Å². The van der Waals surface area contributed by atoms with Gasteiger partial charge in [0.1, 0.15) is 11.6 Å². The van der Waals surface area contributed by atoms with Gasteiger partial charge in [0, 0.05) is 10.8 Å². The molecule has 0 radical (unpaired) electrons. The van der Waals surface area contributed by atoms with Crippen LogP contribution in [0.1, 0.15) is 0 Å². The van der Waals surface area contributed by atoms with Crippen molar-refractivity contribution in [3.63, 3.8) is 0 Å². The van der Waals surface area contributed by atoms with E-state index in [1.54, 1.807) is 0 Å². The SMILES string of the molecule is [K+].[K+].[O-]B([O-])c1c(F)c(F)c2cc(O)ccc2c1F. The molecule has 0 aliphatic rings. The van der Waals surface area contributed by atoms with Crippen LogP contribution in [0, 0.1) is 17.5 Å². The van der Waals surface area contributed by atoms with E-state index in [9.17, 15) is 23.2 Å². The quantitative estimate of drug-likeness (QED) is 0.420. The van der Waals surface area contributed by atoms with Crippen LogP contribution >= 0.6 is 0 Å². The Kier molecular flexibility index (Phi) is 8.92. The maximum Gasteiger partial charge on any atom is 1.00 e. The van der Waals surface area contributed by atoms with E-state index in [1.807, 2.05) is 0 Å². The summed E-state index contributed by atoms with van der Waals surface area (Å²) in [5, 5.41) is 29.3. The Hall–Kier alpha value is 1.55. The van der Waals surface area contributed by atoms with Crippen molar-refractivity contribution in [1.82, 2.24) is 0 Å². The average molecular weight is 318 g/mol. The van der Waals surface area contributed by atoms with Gasteiger partial charge in [-0.1, -0.05) is 12.6 Å². The zero-order valence-electron chi connectivity index (χ0n) is 10.2. The van der Waals surface area contributed by atoms with Crippen molar-refractivity contribution in [3.8, 4) is 5.75 Å². The van der Waals surface area contributed by atoms with E-state index in [1.165, 1.54) is 0 Å². The zero-order chi connectivity index (χ0) is 12.7. The van der Waals surface area contributed by atoms with Crippen molar-refractivity contribution in [2.24, 2.45) is 0 Å². The van der Waals surface area contributed by atoms with Gasteiger partial charge in [0.05, 0.1) is 0 Å². The summed E-state index contributed by atoms with van der Waals surface area (Å²) in [5.74, 6) is -5.11. The van der Waals surface area contributed by atoms with E-state index < -0.39 is 40.8 Å². The third-order valence-electron chi connectivity index (χ3n) is 2.38. The summed E-state index contributed by atoms with van der Waals surface area (Å²) in [5.41, 5.74) is -1.37. The van der Waals surface area contributed by atoms with Crippen molar-refractivity contribution in [2.45, 2.75) is 0 Å². The number of phenolic OH excluding ortho intramolecular Hbond substituents is 1. The Balaban J connectivity index is 0.00000162. The molecule has 0 atom stereocenters. The van der Waals surface area contributed by atoms with Crippen molar-refractivity contribution < 1.29 is 131 Å².